The van der Waals surface area contributed by atoms with Crippen molar-refractivity contribution in [2.24, 2.45) is 0 Å². The highest BCUT2D eigenvalue weighted by Crippen LogP contribution is 2.31. The van der Waals surface area contributed by atoms with Crippen LogP contribution in [0.5, 0.6) is 0 Å². The Hall–Kier alpha value is -3.42. The quantitative estimate of drug-likeness (QED) is 0.532. The molecule has 0 bridgehead atoms. The molecule has 0 aliphatic carbocycles. The molecule has 1 aliphatic rings. The molecule has 0 spiro atoms. The van der Waals surface area contributed by atoms with Crippen LogP contribution >= 0.6 is 0 Å². The third kappa shape index (κ3) is 3.49. The highest BCUT2D eigenvalue weighted by Gasteiger charge is 2.24. The number of anilines is 2. The molecule has 7 nitrogen and oxygen atoms in total. The van der Waals surface area contributed by atoms with E-state index >= 15 is 0 Å². The molecule has 4 heterocycles. The summed E-state index contributed by atoms with van der Waals surface area (Å²) in [6, 6.07) is 9.04. The first-order valence-electron chi connectivity index (χ1n) is 10.2. The molecule has 0 radical (unpaired) electrons. The van der Waals surface area contributed by atoms with Crippen LogP contribution in [0.2, 0.25) is 0 Å². The number of rotatable bonds is 6. The minimum Gasteiger partial charge on any atom is -0.353 e. The van der Waals surface area contributed by atoms with Crippen molar-refractivity contribution in [2.45, 2.75) is 39.0 Å². The molecular weight excluding hydrogens is 381 g/mol. The number of hydrogen-bond acceptors (Lipinski definition) is 5. The lowest BCUT2D eigenvalue weighted by atomic mass is 10.1. The van der Waals surface area contributed by atoms with Gasteiger partial charge in [-0.25, -0.2) is 9.37 Å². The van der Waals surface area contributed by atoms with Crippen LogP contribution in [-0.2, 0) is 26.1 Å². The fourth-order valence-corrected chi connectivity index (χ4v) is 3.88. The number of hydrogen-bond donors (Lipinski definition) is 1. The Morgan fingerprint density at radius 2 is 1.97 bits per heavy atom. The standard InChI is InChI=1S/C22H24FN7/c1-15-13-29-9-8-19-20(29)21(28(15)2)27-22(26-19)24-11-17-12-25-30(14-17)10-7-16-3-5-18(23)6-4-16/h3-6,8-9,12,14-15H,7,10-11,13H2,1-2H3,(H,24,26,27)/t15-/m0/s1. The summed E-state index contributed by atoms with van der Waals surface area (Å²) < 4.78 is 17.2. The predicted molar refractivity (Wildman–Crippen MR) is 115 cm³/mol. The Morgan fingerprint density at radius 3 is 2.80 bits per heavy atom. The molecule has 154 valence electrons. The number of benzene rings is 1. The van der Waals surface area contributed by atoms with Crippen molar-refractivity contribution in [1.29, 1.82) is 0 Å². The van der Waals surface area contributed by atoms with E-state index in [-0.39, 0.29) is 5.82 Å². The SMILES string of the molecule is C[C@H]1Cn2ccc3nc(NCc4cnn(CCc5ccc(F)cc5)c4)nc(c32)N1C. The van der Waals surface area contributed by atoms with Crippen LogP contribution in [0.25, 0.3) is 11.0 Å². The third-order valence-corrected chi connectivity index (χ3v) is 5.73. The van der Waals surface area contributed by atoms with E-state index in [0.717, 1.165) is 47.5 Å². The van der Waals surface area contributed by atoms with Gasteiger partial charge >= 0.3 is 0 Å². The fourth-order valence-electron chi connectivity index (χ4n) is 3.88. The highest BCUT2D eigenvalue weighted by atomic mass is 19.1. The summed E-state index contributed by atoms with van der Waals surface area (Å²) in [5.74, 6) is 1.37. The van der Waals surface area contributed by atoms with Gasteiger partial charge in [-0.05, 0) is 37.1 Å². The first kappa shape index (κ1) is 18.6. The van der Waals surface area contributed by atoms with Gasteiger partial charge in [-0.2, -0.15) is 10.1 Å². The first-order valence-corrected chi connectivity index (χ1v) is 10.2. The average molecular weight is 405 g/mol. The van der Waals surface area contributed by atoms with Crippen LogP contribution in [0.15, 0.2) is 48.9 Å². The zero-order chi connectivity index (χ0) is 20.7. The van der Waals surface area contributed by atoms with Crippen molar-refractivity contribution in [3.63, 3.8) is 0 Å². The van der Waals surface area contributed by atoms with E-state index in [1.165, 1.54) is 12.1 Å². The van der Waals surface area contributed by atoms with Crippen molar-refractivity contribution in [3.05, 3.63) is 65.9 Å². The molecule has 8 heteroatoms. The monoisotopic (exact) mass is 405 g/mol. The summed E-state index contributed by atoms with van der Waals surface area (Å²) >= 11 is 0. The number of nitrogens with zero attached hydrogens (tertiary/aromatic N) is 6. The topological polar surface area (TPSA) is 63.8 Å². The maximum atomic E-state index is 13.0. The van der Waals surface area contributed by atoms with Gasteiger partial charge in [-0.15, -0.1) is 0 Å². The Balaban J connectivity index is 1.26. The highest BCUT2D eigenvalue weighted by molar-refractivity contribution is 5.89. The average Bonchev–Trinajstić information content (AvgIpc) is 3.37. The van der Waals surface area contributed by atoms with Crippen molar-refractivity contribution >= 4 is 22.8 Å². The van der Waals surface area contributed by atoms with Crippen LogP contribution in [0.4, 0.5) is 16.2 Å². The lowest BCUT2D eigenvalue weighted by Crippen LogP contribution is -2.37. The van der Waals surface area contributed by atoms with Gasteiger partial charge < -0.3 is 14.8 Å². The van der Waals surface area contributed by atoms with Crippen molar-refractivity contribution in [2.75, 3.05) is 17.3 Å². The molecule has 1 aromatic carbocycles. The van der Waals surface area contributed by atoms with Crippen LogP contribution < -0.4 is 10.2 Å². The second kappa shape index (κ2) is 7.44. The largest absolute Gasteiger partial charge is 0.353 e. The van der Waals surface area contributed by atoms with Gasteiger partial charge in [0.2, 0.25) is 5.95 Å². The fraction of sp³-hybridized carbons (Fsp3) is 0.318. The molecular formula is C22H24FN7. The van der Waals surface area contributed by atoms with Crippen LogP contribution in [0.3, 0.4) is 0 Å². The molecule has 1 aliphatic heterocycles. The summed E-state index contributed by atoms with van der Waals surface area (Å²) in [7, 11) is 2.08. The molecule has 0 saturated carbocycles. The van der Waals surface area contributed by atoms with E-state index in [0.29, 0.717) is 18.5 Å². The third-order valence-electron chi connectivity index (χ3n) is 5.73. The predicted octanol–water partition coefficient (Wildman–Crippen LogP) is 3.46. The second-order valence-corrected chi connectivity index (χ2v) is 7.87. The van der Waals surface area contributed by atoms with E-state index in [2.05, 4.69) is 45.0 Å². The Labute approximate surface area is 174 Å². The van der Waals surface area contributed by atoms with Crippen LogP contribution in [0.1, 0.15) is 18.1 Å². The van der Waals surface area contributed by atoms with Gasteiger partial charge in [0.25, 0.3) is 0 Å². The number of nitrogens with one attached hydrogen (secondary N) is 1. The minimum atomic E-state index is -0.210. The zero-order valence-corrected chi connectivity index (χ0v) is 17.1. The maximum Gasteiger partial charge on any atom is 0.225 e. The number of halogens is 1. The van der Waals surface area contributed by atoms with Gasteiger partial charge in [-0.3, -0.25) is 4.68 Å². The molecule has 30 heavy (non-hydrogen) atoms. The maximum absolute atomic E-state index is 13.0. The van der Waals surface area contributed by atoms with Crippen molar-refractivity contribution in [3.8, 4) is 0 Å². The number of aryl methyl sites for hydroxylation is 2. The van der Waals surface area contributed by atoms with E-state index in [1.807, 2.05) is 35.3 Å². The summed E-state index contributed by atoms with van der Waals surface area (Å²) in [6.45, 7) is 4.49. The Bertz CT molecular complexity index is 1180. The molecule has 0 amide bonds. The second-order valence-electron chi connectivity index (χ2n) is 7.87. The minimum absolute atomic E-state index is 0.210. The number of aromatic nitrogens is 5. The number of likely N-dealkylation sites (N-methyl/N-ethyl adjacent to an activating group) is 1. The first-order chi connectivity index (χ1) is 14.6. The summed E-state index contributed by atoms with van der Waals surface area (Å²) in [5, 5.41) is 7.77. The molecule has 5 rings (SSSR count). The molecule has 0 unspecified atom stereocenters. The van der Waals surface area contributed by atoms with Crippen LogP contribution in [0, 0.1) is 5.82 Å². The molecule has 1 N–H and O–H groups in total. The Morgan fingerprint density at radius 1 is 1.13 bits per heavy atom. The molecule has 3 aromatic heterocycles. The van der Waals surface area contributed by atoms with Gasteiger partial charge in [0.05, 0.1) is 11.7 Å². The van der Waals surface area contributed by atoms with E-state index in [1.54, 1.807) is 0 Å². The van der Waals surface area contributed by atoms with Gasteiger partial charge in [0.1, 0.15) is 11.3 Å². The Kier molecular flexibility index (Phi) is 4.61. The molecule has 0 saturated heterocycles. The smallest absolute Gasteiger partial charge is 0.225 e. The summed E-state index contributed by atoms with van der Waals surface area (Å²) in [5.41, 5.74) is 4.20. The van der Waals surface area contributed by atoms with E-state index < -0.39 is 0 Å². The molecule has 4 aromatic rings. The van der Waals surface area contributed by atoms with E-state index in [9.17, 15) is 4.39 Å². The van der Waals surface area contributed by atoms with Crippen molar-refractivity contribution in [1.82, 2.24) is 24.3 Å². The lowest BCUT2D eigenvalue weighted by Gasteiger charge is -2.32. The summed E-state index contributed by atoms with van der Waals surface area (Å²) in [6.07, 6.45) is 6.76. The normalized spacial score (nSPS) is 15.7. The molecule has 0 fully saturated rings. The van der Waals surface area contributed by atoms with Gasteiger partial charge in [0.15, 0.2) is 5.82 Å². The van der Waals surface area contributed by atoms with E-state index in [4.69, 9.17) is 4.98 Å². The molecule has 1 atom stereocenters. The zero-order valence-electron chi connectivity index (χ0n) is 17.1. The summed E-state index contributed by atoms with van der Waals surface area (Å²) in [4.78, 5) is 11.7. The lowest BCUT2D eigenvalue weighted by molar-refractivity contribution is 0.554. The van der Waals surface area contributed by atoms with Gasteiger partial charge in [-0.1, -0.05) is 12.1 Å². The van der Waals surface area contributed by atoms with Crippen LogP contribution in [-0.4, -0.2) is 37.4 Å². The van der Waals surface area contributed by atoms with Gasteiger partial charge in [0, 0.05) is 50.7 Å². The van der Waals surface area contributed by atoms with Crippen molar-refractivity contribution < 1.29 is 4.39 Å².